The van der Waals surface area contributed by atoms with Gasteiger partial charge >= 0.3 is 6.09 Å². The van der Waals surface area contributed by atoms with Crippen LogP contribution in [-0.4, -0.2) is 112 Å². The van der Waals surface area contributed by atoms with Crippen molar-refractivity contribution < 1.29 is 42.9 Å². The van der Waals surface area contributed by atoms with Gasteiger partial charge in [-0.1, -0.05) is 62.7 Å². The van der Waals surface area contributed by atoms with E-state index in [1.807, 2.05) is 68.4 Å². The molecule has 0 aliphatic carbocycles. The minimum Gasteiger partial charge on any atom is -0.487 e. The lowest BCUT2D eigenvalue weighted by molar-refractivity contribution is -0.136. The van der Waals surface area contributed by atoms with E-state index in [2.05, 4.69) is 10.6 Å². The molecule has 0 bridgehead atoms. The van der Waals surface area contributed by atoms with Gasteiger partial charge in [-0.25, -0.2) is 4.79 Å². The summed E-state index contributed by atoms with van der Waals surface area (Å²) in [4.78, 5) is 55.9. The van der Waals surface area contributed by atoms with Gasteiger partial charge in [0.2, 0.25) is 17.7 Å². The summed E-state index contributed by atoms with van der Waals surface area (Å²) in [7, 11) is 0. The Kier molecular flexibility index (Phi) is 14.8. The lowest BCUT2D eigenvalue weighted by Crippen LogP contribution is -2.56. The first-order valence-electron chi connectivity index (χ1n) is 16.7. The zero-order valence-corrected chi connectivity index (χ0v) is 27.9. The van der Waals surface area contributed by atoms with Crippen molar-refractivity contribution in [1.29, 1.82) is 0 Å². The summed E-state index contributed by atoms with van der Waals surface area (Å²) in [6, 6.07) is 15.1. The van der Waals surface area contributed by atoms with Crippen LogP contribution in [0.3, 0.4) is 0 Å². The Morgan fingerprint density at radius 2 is 1.48 bits per heavy atom. The molecule has 2 aliphatic heterocycles. The Morgan fingerprint density at radius 3 is 2.10 bits per heavy atom. The van der Waals surface area contributed by atoms with Crippen LogP contribution in [0.2, 0.25) is 0 Å². The molecule has 4 rings (SSSR count). The molecule has 48 heavy (non-hydrogen) atoms. The molecule has 0 radical (unpaired) electrons. The van der Waals surface area contributed by atoms with E-state index in [4.69, 9.17) is 23.7 Å². The van der Waals surface area contributed by atoms with Crippen molar-refractivity contribution in [3.05, 3.63) is 60.2 Å². The average Bonchev–Trinajstić information content (AvgIpc) is 3.61. The molecule has 3 atom stereocenters. The first-order chi connectivity index (χ1) is 23.4. The minimum atomic E-state index is -0.892. The van der Waals surface area contributed by atoms with Crippen molar-refractivity contribution in [2.75, 3.05) is 65.8 Å². The monoisotopic (exact) mass is 668 g/mol. The highest BCUT2D eigenvalue weighted by molar-refractivity contribution is 5.93. The molecule has 1 saturated heterocycles. The van der Waals surface area contributed by atoms with E-state index in [0.29, 0.717) is 76.8 Å². The topological polar surface area (TPSA) is 145 Å². The maximum Gasteiger partial charge on any atom is 0.410 e. The SMILES string of the molecule is CC[C@H](C)[C@@H](NC(=O)[C@H]1CCCN1C(=O)OCc1ccccc1)C(=O)NCC(=O)N1CCOCCOc2ccccc2OCCOCC1. The zero-order chi connectivity index (χ0) is 34.1. The maximum atomic E-state index is 13.4. The second kappa shape index (κ2) is 19.5. The summed E-state index contributed by atoms with van der Waals surface area (Å²) in [5, 5.41) is 5.57. The zero-order valence-electron chi connectivity index (χ0n) is 27.9. The van der Waals surface area contributed by atoms with Crippen LogP contribution in [0.15, 0.2) is 54.6 Å². The van der Waals surface area contributed by atoms with Gasteiger partial charge in [-0.2, -0.15) is 0 Å². The second-order valence-corrected chi connectivity index (χ2v) is 11.7. The smallest absolute Gasteiger partial charge is 0.410 e. The fourth-order valence-electron chi connectivity index (χ4n) is 5.42. The third-order valence-corrected chi connectivity index (χ3v) is 8.39. The highest BCUT2D eigenvalue weighted by Crippen LogP contribution is 2.26. The first-order valence-corrected chi connectivity index (χ1v) is 16.7. The molecule has 0 aromatic heterocycles. The Bertz CT molecular complexity index is 1290. The molecule has 1 fully saturated rings. The van der Waals surface area contributed by atoms with Gasteiger partial charge in [-0.15, -0.1) is 0 Å². The van der Waals surface area contributed by atoms with Gasteiger partial charge in [0, 0.05) is 19.6 Å². The number of nitrogens with zero attached hydrogens (tertiary/aromatic N) is 2. The van der Waals surface area contributed by atoms with Crippen LogP contribution >= 0.6 is 0 Å². The summed E-state index contributed by atoms with van der Waals surface area (Å²) in [6.07, 6.45) is 1.14. The molecule has 4 amide bonds. The number of hydrogen-bond donors (Lipinski definition) is 2. The number of hydrogen-bond acceptors (Lipinski definition) is 9. The van der Waals surface area contributed by atoms with Gasteiger partial charge in [-0.05, 0) is 36.5 Å². The Hall–Kier alpha value is -4.36. The number of rotatable bonds is 9. The third-order valence-electron chi connectivity index (χ3n) is 8.39. The largest absolute Gasteiger partial charge is 0.487 e. The van der Waals surface area contributed by atoms with E-state index in [9.17, 15) is 19.2 Å². The summed E-state index contributed by atoms with van der Waals surface area (Å²) in [6.45, 7) is 6.44. The highest BCUT2D eigenvalue weighted by atomic mass is 16.6. The van der Waals surface area contributed by atoms with Gasteiger partial charge in [0.15, 0.2) is 11.5 Å². The highest BCUT2D eigenvalue weighted by Gasteiger charge is 2.37. The molecule has 13 nitrogen and oxygen atoms in total. The van der Waals surface area contributed by atoms with E-state index in [1.165, 1.54) is 4.90 Å². The lowest BCUT2D eigenvalue weighted by Gasteiger charge is -2.28. The van der Waals surface area contributed by atoms with Crippen LogP contribution in [0.5, 0.6) is 11.5 Å². The number of para-hydroxylation sites is 2. The van der Waals surface area contributed by atoms with Crippen molar-refractivity contribution in [3.8, 4) is 11.5 Å². The Morgan fingerprint density at radius 1 is 0.854 bits per heavy atom. The molecule has 2 N–H and O–H groups in total. The van der Waals surface area contributed by atoms with Crippen molar-refractivity contribution >= 4 is 23.8 Å². The number of benzene rings is 2. The summed E-state index contributed by atoms with van der Waals surface area (Å²) >= 11 is 0. The van der Waals surface area contributed by atoms with Gasteiger partial charge in [-0.3, -0.25) is 19.3 Å². The Balaban J connectivity index is 1.28. The van der Waals surface area contributed by atoms with Crippen molar-refractivity contribution in [2.24, 2.45) is 5.92 Å². The summed E-state index contributed by atoms with van der Waals surface area (Å²) in [5.74, 6) is -0.180. The molecule has 262 valence electrons. The summed E-state index contributed by atoms with van der Waals surface area (Å²) < 4.78 is 28.4. The van der Waals surface area contributed by atoms with Crippen LogP contribution in [-0.2, 0) is 35.2 Å². The fraction of sp³-hybridized carbons (Fsp3) is 0.543. The standard InChI is InChI=1S/C35H48N4O9/c1-3-26(2)32(37-33(41)28-12-9-15-39(28)35(43)48-25-27-10-5-4-6-11-27)34(42)36-24-31(40)38-16-18-44-20-22-46-29-13-7-8-14-30(29)47-23-21-45-19-17-38/h4-8,10-11,13-14,26,28,32H,3,9,12,15-25H2,1-2H3,(H,36,42)(H,37,41)/t26-,28+,32+/m0/s1. The number of nitrogens with one attached hydrogen (secondary N) is 2. The number of amides is 4. The van der Waals surface area contributed by atoms with Crippen LogP contribution in [0.1, 0.15) is 38.7 Å². The fourth-order valence-corrected chi connectivity index (χ4v) is 5.42. The molecule has 2 aromatic rings. The molecule has 0 unspecified atom stereocenters. The van der Waals surface area contributed by atoms with Crippen molar-refractivity contribution in [3.63, 3.8) is 0 Å². The molecule has 0 spiro atoms. The van der Waals surface area contributed by atoms with Gasteiger partial charge in [0.1, 0.15) is 31.9 Å². The molecule has 13 heteroatoms. The van der Waals surface area contributed by atoms with Crippen LogP contribution in [0.4, 0.5) is 4.79 Å². The van der Waals surface area contributed by atoms with Gasteiger partial charge < -0.3 is 39.2 Å². The molecule has 2 aromatic carbocycles. The predicted octanol–water partition coefficient (Wildman–Crippen LogP) is 2.77. The average molecular weight is 669 g/mol. The van der Waals surface area contributed by atoms with E-state index >= 15 is 0 Å². The molecule has 0 saturated carbocycles. The number of carbonyl (C=O) groups is 4. The molecule has 2 aliphatic rings. The molecular weight excluding hydrogens is 620 g/mol. The number of carbonyl (C=O) groups excluding carboxylic acids is 4. The Labute approximate surface area is 282 Å². The normalized spacial score (nSPS) is 18.8. The van der Waals surface area contributed by atoms with Gasteiger partial charge in [0.25, 0.3) is 0 Å². The minimum absolute atomic E-state index is 0.101. The molecular formula is C35H48N4O9. The van der Waals surface area contributed by atoms with E-state index in [-0.39, 0.29) is 38.2 Å². The van der Waals surface area contributed by atoms with E-state index < -0.39 is 30.0 Å². The first kappa shape index (κ1) is 36.5. The van der Waals surface area contributed by atoms with Crippen LogP contribution in [0, 0.1) is 5.92 Å². The van der Waals surface area contributed by atoms with E-state index in [1.54, 1.807) is 4.90 Å². The van der Waals surface area contributed by atoms with Gasteiger partial charge in [0.05, 0.1) is 33.0 Å². The predicted molar refractivity (Wildman–Crippen MR) is 176 cm³/mol. The number of likely N-dealkylation sites (tertiary alicyclic amines) is 1. The van der Waals surface area contributed by atoms with Crippen molar-refractivity contribution in [2.45, 2.75) is 51.8 Å². The van der Waals surface area contributed by atoms with Crippen molar-refractivity contribution in [1.82, 2.24) is 20.4 Å². The van der Waals surface area contributed by atoms with E-state index in [0.717, 1.165) is 5.56 Å². The number of ether oxygens (including phenoxy) is 5. The van der Waals surface area contributed by atoms with Crippen LogP contribution < -0.4 is 20.1 Å². The quantitative estimate of drug-likeness (QED) is 0.412. The second-order valence-electron chi connectivity index (χ2n) is 11.7. The number of fused-ring (bicyclic) bond motifs is 1. The molecule has 2 heterocycles. The third kappa shape index (κ3) is 11.1. The maximum absolute atomic E-state index is 13.4. The lowest BCUT2D eigenvalue weighted by atomic mass is 9.97. The summed E-state index contributed by atoms with van der Waals surface area (Å²) in [5.41, 5.74) is 0.846. The van der Waals surface area contributed by atoms with Crippen LogP contribution in [0.25, 0.3) is 0 Å².